The second kappa shape index (κ2) is 15.3. The summed E-state index contributed by atoms with van der Waals surface area (Å²) in [4.78, 5) is 19.7. The molecule has 3 aromatic rings. The van der Waals surface area contributed by atoms with Crippen molar-refractivity contribution in [2.45, 2.75) is 67.5 Å². The van der Waals surface area contributed by atoms with Crippen LogP contribution in [-0.2, 0) is 31.8 Å². The Bertz CT molecular complexity index is 1680. The van der Waals surface area contributed by atoms with Crippen LogP contribution < -0.4 is 9.46 Å². The average Bonchev–Trinajstić information content (AvgIpc) is 3.71. The number of carbonyl (C=O) groups excluding carboxylic acids is 1. The molecular formula is C30H43N5O8S3. The van der Waals surface area contributed by atoms with E-state index in [0.29, 0.717) is 13.0 Å². The van der Waals surface area contributed by atoms with Gasteiger partial charge in [0.05, 0.1) is 36.7 Å². The molecule has 0 fully saturated rings. The molecule has 4 rings (SSSR count). The van der Waals surface area contributed by atoms with Gasteiger partial charge in [-0.25, -0.2) is 13.4 Å². The van der Waals surface area contributed by atoms with Gasteiger partial charge in [0.2, 0.25) is 0 Å². The number of likely N-dealkylation sites (N-methyl/N-ethyl adjacent to an activating group) is 1. The summed E-state index contributed by atoms with van der Waals surface area (Å²) < 4.78 is 70.5. The summed E-state index contributed by atoms with van der Waals surface area (Å²) in [5.41, 5.74) is 0.258. The fourth-order valence-electron chi connectivity index (χ4n) is 5.10. The molecule has 0 saturated carbocycles. The zero-order valence-electron chi connectivity index (χ0n) is 26.7. The number of fused-ring (bicyclic) bond motifs is 1. The maximum absolute atomic E-state index is 14.3. The lowest BCUT2D eigenvalue weighted by Crippen LogP contribution is -2.48. The van der Waals surface area contributed by atoms with Crippen molar-refractivity contribution in [3.05, 3.63) is 53.8 Å². The maximum atomic E-state index is 14.3. The Kier molecular flexibility index (Phi) is 11.9. The number of hydrogen-bond donors (Lipinski definition) is 2. The van der Waals surface area contributed by atoms with E-state index in [9.17, 15) is 26.7 Å². The molecule has 1 amide bonds. The van der Waals surface area contributed by atoms with Crippen molar-refractivity contribution in [2.75, 3.05) is 38.1 Å². The normalized spacial score (nSPS) is 21.3. The zero-order chi connectivity index (χ0) is 33.6. The van der Waals surface area contributed by atoms with E-state index in [0.717, 1.165) is 24.2 Å². The summed E-state index contributed by atoms with van der Waals surface area (Å²) in [6, 6.07) is 7.13. The first-order valence-electron chi connectivity index (χ1n) is 15.1. The number of amides is 1. The van der Waals surface area contributed by atoms with Gasteiger partial charge in [0.25, 0.3) is 26.0 Å². The monoisotopic (exact) mass is 697 g/mol. The van der Waals surface area contributed by atoms with Crippen LogP contribution in [0.15, 0.2) is 57.5 Å². The molecule has 0 spiro atoms. The number of aryl methyl sites for hydroxylation is 1. The predicted octanol–water partition coefficient (Wildman–Crippen LogP) is 3.40. The Morgan fingerprint density at radius 3 is 2.61 bits per heavy atom. The Balaban J connectivity index is 1.68. The Hall–Kier alpha value is -3.02. The molecule has 0 aliphatic carbocycles. The van der Waals surface area contributed by atoms with Crippen LogP contribution in [-0.4, -0.2) is 98.2 Å². The molecule has 0 radical (unpaired) electrons. The zero-order valence-corrected chi connectivity index (χ0v) is 29.1. The Labute approximate surface area is 275 Å². The number of thiophene rings is 1. The van der Waals surface area contributed by atoms with Crippen LogP contribution in [0.5, 0.6) is 5.75 Å². The van der Waals surface area contributed by atoms with Crippen LogP contribution >= 0.6 is 11.3 Å². The molecule has 1 aliphatic heterocycles. The van der Waals surface area contributed by atoms with Crippen LogP contribution in [0.2, 0.25) is 0 Å². The Morgan fingerprint density at radius 1 is 1.20 bits per heavy atom. The van der Waals surface area contributed by atoms with Gasteiger partial charge in [0.15, 0.2) is 5.03 Å². The fraction of sp³-hybridized carbons (Fsp3) is 0.533. The fourth-order valence-corrected chi connectivity index (χ4v) is 8.52. The SMILES string of the molecule is C[C@H](CO)N1C[C@H](C)[C@@H](CN(C)S(=O)(=O)c2cccs2)OCCCC[C@H](C)Oc2ccc(NS(=O)(=O)c3cn(C)cn3)cc2C1=O. The van der Waals surface area contributed by atoms with E-state index in [1.165, 1.54) is 45.5 Å². The second-order valence-corrected chi connectivity index (χ2v) is 16.6. The van der Waals surface area contributed by atoms with E-state index < -0.39 is 38.1 Å². The number of nitrogens with zero attached hydrogens (tertiary/aromatic N) is 4. The summed E-state index contributed by atoms with van der Waals surface area (Å²) in [7, 11) is -4.61. The molecule has 1 aliphatic rings. The second-order valence-electron chi connectivity index (χ2n) is 11.7. The van der Waals surface area contributed by atoms with E-state index in [-0.39, 0.29) is 58.0 Å². The lowest BCUT2D eigenvalue weighted by atomic mass is 10.0. The highest BCUT2D eigenvalue weighted by Gasteiger charge is 2.33. The summed E-state index contributed by atoms with van der Waals surface area (Å²) in [6.07, 6.45) is 4.05. The van der Waals surface area contributed by atoms with Crippen molar-refractivity contribution in [1.29, 1.82) is 0 Å². The first-order valence-corrected chi connectivity index (χ1v) is 18.9. The first-order chi connectivity index (χ1) is 21.7. The highest BCUT2D eigenvalue weighted by molar-refractivity contribution is 7.92. The third-order valence-electron chi connectivity index (χ3n) is 7.86. The number of sulfonamides is 2. The first kappa shape index (κ1) is 35.8. The summed E-state index contributed by atoms with van der Waals surface area (Å²) in [6.45, 7) is 5.71. The topological polar surface area (TPSA) is 160 Å². The third-order valence-corrected chi connectivity index (χ3v) is 12.3. The van der Waals surface area contributed by atoms with Gasteiger partial charge in [-0.3, -0.25) is 9.52 Å². The van der Waals surface area contributed by atoms with Gasteiger partial charge in [0.1, 0.15) is 9.96 Å². The highest BCUT2D eigenvalue weighted by Crippen LogP contribution is 2.30. The minimum Gasteiger partial charge on any atom is -0.490 e. The van der Waals surface area contributed by atoms with Crippen molar-refractivity contribution < 1.29 is 36.2 Å². The predicted molar refractivity (Wildman–Crippen MR) is 175 cm³/mol. The number of nitrogens with one attached hydrogen (secondary N) is 1. The summed E-state index contributed by atoms with van der Waals surface area (Å²) in [5.74, 6) is -0.548. The number of aromatic nitrogens is 2. The van der Waals surface area contributed by atoms with Crippen molar-refractivity contribution in [1.82, 2.24) is 18.8 Å². The van der Waals surface area contributed by atoms with Gasteiger partial charge in [-0.2, -0.15) is 12.7 Å². The third kappa shape index (κ3) is 8.66. The molecule has 16 heteroatoms. The minimum absolute atomic E-state index is 0.0620. The maximum Gasteiger partial charge on any atom is 0.280 e. The molecule has 3 heterocycles. The highest BCUT2D eigenvalue weighted by atomic mass is 32.2. The van der Waals surface area contributed by atoms with E-state index in [4.69, 9.17) is 9.47 Å². The standard InChI is InChI=1S/C30H43N5O8S3/c1-21-16-35(22(2)19-36)30(37)25-15-24(32-45(38,39)28-18-33(4)20-31-28)11-12-26(25)43-23(3)9-6-7-13-42-27(21)17-34(5)46(40,41)29-10-8-14-44-29/h8,10-12,14-15,18,20-23,27,32,36H,6-7,9,13,16-17,19H2,1-5H3/t21-,22+,23-,27+/m0/s1. The van der Waals surface area contributed by atoms with Crippen molar-refractivity contribution >= 4 is 43.0 Å². The van der Waals surface area contributed by atoms with Crippen molar-refractivity contribution in [3.8, 4) is 5.75 Å². The van der Waals surface area contributed by atoms with Crippen LogP contribution in [0.1, 0.15) is 50.4 Å². The van der Waals surface area contributed by atoms with E-state index in [1.807, 2.05) is 13.8 Å². The molecule has 2 N–H and O–H groups in total. The number of benzene rings is 1. The number of rotatable bonds is 9. The molecule has 46 heavy (non-hydrogen) atoms. The molecular weight excluding hydrogens is 655 g/mol. The molecule has 0 saturated heterocycles. The molecule has 13 nitrogen and oxygen atoms in total. The number of ether oxygens (including phenoxy) is 2. The lowest BCUT2D eigenvalue weighted by molar-refractivity contribution is -0.00832. The molecule has 0 bridgehead atoms. The minimum atomic E-state index is -4.04. The quantitative estimate of drug-likeness (QED) is 0.342. The number of aliphatic hydroxyl groups excluding tert-OH is 1. The number of anilines is 1. The van der Waals surface area contributed by atoms with E-state index >= 15 is 0 Å². The van der Waals surface area contributed by atoms with Crippen molar-refractivity contribution in [2.24, 2.45) is 13.0 Å². The van der Waals surface area contributed by atoms with Crippen LogP contribution in [0, 0.1) is 5.92 Å². The van der Waals surface area contributed by atoms with Gasteiger partial charge in [-0.05, 0) is 62.8 Å². The number of carbonyl (C=O) groups is 1. The van der Waals surface area contributed by atoms with Crippen LogP contribution in [0.3, 0.4) is 0 Å². The van der Waals surface area contributed by atoms with Gasteiger partial charge in [0, 0.05) is 51.6 Å². The van der Waals surface area contributed by atoms with Gasteiger partial charge in [-0.15, -0.1) is 11.3 Å². The van der Waals surface area contributed by atoms with Crippen LogP contribution in [0.4, 0.5) is 5.69 Å². The molecule has 1 aromatic carbocycles. The van der Waals surface area contributed by atoms with Gasteiger partial charge >= 0.3 is 0 Å². The molecule has 0 unspecified atom stereocenters. The number of imidazole rings is 1. The number of aliphatic hydroxyl groups is 1. The Morgan fingerprint density at radius 2 is 1.96 bits per heavy atom. The van der Waals surface area contributed by atoms with E-state index in [1.54, 1.807) is 37.6 Å². The summed E-state index contributed by atoms with van der Waals surface area (Å²) >= 11 is 1.14. The smallest absolute Gasteiger partial charge is 0.280 e. The van der Waals surface area contributed by atoms with Gasteiger partial charge < -0.3 is 24.0 Å². The lowest BCUT2D eigenvalue weighted by Gasteiger charge is -2.35. The molecule has 4 atom stereocenters. The molecule has 254 valence electrons. The largest absolute Gasteiger partial charge is 0.490 e. The van der Waals surface area contributed by atoms with Crippen LogP contribution in [0.25, 0.3) is 0 Å². The van der Waals surface area contributed by atoms with E-state index in [2.05, 4.69) is 9.71 Å². The van der Waals surface area contributed by atoms with Gasteiger partial charge in [-0.1, -0.05) is 13.0 Å². The number of hydrogen-bond acceptors (Lipinski definition) is 10. The average molecular weight is 698 g/mol. The molecule has 2 aromatic heterocycles. The van der Waals surface area contributed by atoms with Crippen molar-refractivity contribution in [3.63, 3.8) is 0 Å². The summed E-state index contributed by atoms with van der Waals surface area (Å²) in [5, 5.41) is 11.7.